The van der Waals surface area contributed by atoms with E-state index in [-0.39, 0.29) is 35.8 Å². The number of ketones is 1. The molecule has 3 nitrogen and oxygen atoms in total. The summed E-state index contributed by atoms with van der Waals surface area (Å²) in [5.41, 5.74) is 0. The first kappa shape index (κ1) is 11.1. The van der Waals surface area contributed by atoms with Crippen LogP contribution < -0.4 is 0 Å². The Morgan fingerprint density at radius 3 is 2.12 bits per heavy atom. The van der Waals surface area contributed by atoms with Gasteiger partial charge >= 0.3 is 29.6 Å². The van der Waals surface area contributed by atoms with Crippen molar-refractivity contribution in [2.75, 3.05) is 0 Å². The van der Waals surface area contributed by atoms with E-state index in [1.54, 1.807) is 0 Å². The molecule has 0 saturated carbocycles. The van der Waals surface area contributed by atoms with Crippen molar-refractivity contribution in [1.82, 2.24) is 0 Å². The average Bonchev–Trinajstić information content (AvgIpc) is 1.65. The molecule has 0 amide bonds. The Morgan fingerprint density at radius 2 is 2.12 bits per heavy atom. The number of rotatable bonds is 2. The van der Waals surface area contributed by atoms with E-state index < -0.39 is 11.9 Å². The van der Waals surface area contributed by atoms with Gasteiger partial charge in [-0.05, 0) is 6.92 Å². The Hall–Kier alpha value is 0.300. The molecule has 0 heterocycles. The summed E-state index contributed by atoms with van der Waals surface area (Å²) in [6, 6.07) is 0. The van der Waals surface area contributed by atoms with E-state index in [0.29, 0.717) is 0 Å². The summed E-state index contributed by atoms with van der Waals surface area (Å²) >= 11 is 0. The molecule has 4 heteroatoms. The number of hydrogen-bond donors (Lipinski definition) is 1. The first-order chi connectivity index (χ1) is 3.18. The van der Waals surface area contributed by atoms with Crippen molar-refractivity contribution < 1.29 is 14.7 Å². The van der Waals surface area contributed by atoms with Gasteiger partial charge in [0.15, 0.2) is 18.2 Å². The zero-order valence-corrected chi connectivity index (χ0v) is 3.92. The normalized spacial score (nSPS) is 11.2. The zero-order chi connectivity index (χ0) is 5.86. The third kappa shape index (κ3) is 4.46. The first-order valence-electron chi connectivity index (χ1n) is 1.82. The Labute approximate surface area is 69.4 Å². The summed E-state index contributed by atoms with van der Waals surface area (Å²) in [6.07, 6.45) is -1.22. The van der Waals surface area contributed by atoms with Gasteiger partial charge in [-0.1, -0.05) is 0 Å². The molecule has 8 heavy (non-hydrogen) atoms. The molecule has 0 bridgehead atoms. The van der Waals surface area contributed by atoms with Crippen molar-refractivity contribution >= 4 is 41.6 Å². The number of carbonyl (C=O) groups excluding carboxylic acids is 2. The molecule has 0 aliphatic carbocycles. The van der Waals surface area contributed by atoms with Crippen LogP contribution in [-0.4, -0.2) is 52.8 Å². The van der Waals surface area contributed by atoms with Crippen LogP contribution in [0.15, 0.2) is 0 Å². The minimum absolute atomic E-state index is 0. The summed E-state index contributed by atoms with van der Waals surface area (Å²) in [6.45, 7) is 1.15. The van der Waals surface area contributed by atoms with E-state index in [9.17, 15) is 9.59 Å². The van der Waals surface area contributed by atoms with Crippen LogP contribution in [0, 0.1) is 0 Å². The van der Waals surface area contributed by atoms with Crippen LogP contribution in [0.2, 0.25) is 0 Å². The Balaban J connectivity index is 0. The molecule has 0 radical (unpaired) electrons. The molecule has 0 aliphatic rings. The van der Waals surface area contributed by atoms with Crippen molar-refractivity contribution in [3.05, 3.63) is 0 Å². The number of aldehydes is 1. The Kier molecular flexibility index (Phi) is 7.57. The topological polar surface area (TPSA) is 54.4 Å². The second-order valence-corrected chi connectivity index (χ2v) is 1.19. The molecule has 1 atom stereocenters. The van der Waals surface area contributed by atoms with Crippen LogP contribution >= 0.6 is 0 Å². The minimum atomic E-state index is -1.42. The second kappa shape index (κ2) is 5.44. The van der Waals surface area contributed by atoms with Gasteiger partial charge in [-0.3, -0.25) is 9.59 Å². The van der Waals surface area contributed by atoms with Gasteiger partial charge in [-0.25, -0.2) is 0 Å². The van der Waals surface area contributed by atoms with Crippen molar-refractivity contribution in [2.24, 2.45) is 0 Å². The number of aliphatic hydroxyl groups excluding tert-OH is 1. The molecule has 0 saturated heterocycles. The summed E-state index contributed by atoms with van der Waals surface area (Å²) in [5.74, 6) is -0.519. The SMILES string of the molecule is CC(=O)C(O)C=O.[NaH]. The van der Waals surface area contributed by atoms with Gasteiger partial charge in [-0.15, -0.1) is 0 Å². The molecule has 1 N–H and O–H groups in total. The standard InChI is InChI=1S/C4H6O3.Na.H/c1-3(6)4(7)2-5;;/h2,4,7H,1H3;;. The quantitative estimate of drug-likeness (QED) is 0.278. The van der Waals surface area contributed by atoms with Gasteiger partial charge in [0.05, 0.1) is 0 Å². The molecule has 0 rings (SSSR count). The maximum absolute atomic E-state index is 9.89. The molecule has 1 unspecified atom stereocenters. The first-order valence-corrected chi connectivity index (χ1v) is 1.82. The predicted octanol–water partition coefficient (Wildman–Crippen LogP) is -1.51. The van der Waals surface area contributed by atoms with Crippen LogP contribution in [0.4, 0.5) is 0 Å². The van der Waals surface area contributed by atoms with Gasteiger partial charge in [0.2, 0.25) is 0 Å². The fourth-order valence-electron chi connectivity index (χ4n) is 0.0958. The van der Waals surface area contributed by atoms with Crippen LogP contribution in [-0.2, 0) is 9.59 Å². The van der Waals surface area contributed by atoms with Crippen LogP contribution in [0.5, 0.6) is 0 Å². The van der Waals surface area contributed by atoms with Gasteiger partial charge in [0, 0.05) is 0 Å². The molecular formula is C4H7NaO3. The van der Waals surface area contributed by atoms with E-state index in [0.717, 1.165) is 6.92 Å². The molecular weight excluding hydrogens is 119 g/mol. The van der Waals surface area contributed by atoms with Gasteiger partial charge in [-0.2, -0.15) is 0 Å². The fraction of sp³-hybridized carbons (Fsp3) is 0.500. The third-order valence-electron chi connectivity index (χ3n) is 0.545. The summed E-state index contributed by atoms with van der Waals surface area (Å²) < 4.78 is 0. The fourth-order valence-corrected chi connectivity index (χ4v) is 0.0958. The van der Waals surface area contributed by atoms with E-state index in [1.165, 1.54) is 0 Å². The third-order valence-corrected chi connectivity index (χ3v) is 0.545. The number of hydrogen-bond acceptors (Lipinski definition) is 3. The van der Waals surface area contributed by atoms with Crippen LogP contribution in [0.3, 0.4) is 0 Å². The molecule has 0 aromatic heterocycles. The summed E-state index contributed by atoms with van der Waals surface area (Å²) in [7, 11) is 0. The van der Waals surface area contributed by atoms with E-state index >= 15 is 0 Å². The van der Waals surface area contributed by atoms with Crippen molar-refractivity contribution in [2.45, 2.75) is 13.0 Å². The van der Waals surface area contributed by atoms with Crippen molar-refractivity contribution in [1.29, 1.82) is 0 Å². The van der Waals surface area contributed by atoms with Crippen molar-refractivity contribution in [3.63, 3.8) is 0 Å². The van der Waals surface area contributed by atoms with Crippen molar-refractivity contribution in [3.8, 4) is 0 Å². The second-order valence-electron chi connectivity index (χ2n) is 1.19. The summed E-state index contributed by atoms with van der Waals surface area (Å²) in [5, 5.41) is 8.22. The monoisotopic (exact) mass is 126 g/mol. The average molecular weight is 126 g/mol. The number of aliphatic hydroxyl groups is 1. The van der Waals surface area contributed by atoms with E-state index in [4.69, 9.17) is 5.11 Å². The van der Waals surface area contributed by atoms with Gasteiger partial charge in [0.1, 0.15) is 0 Å². The van der Waals surface area contributed by atoms with Crippen LogP contribution in [0.25, 0.3) is 0 Å². The van der Waals surface area contributed by atoms with E-state index in [2.05, 4.69) is 0 Å². The van der Waals surface area contributed by atoms with E-state index in [1.807, 2.05) is 0 Å². The van der Waals surface area contributed by atoms with Gasteiger partial charge in [0.25, 0.3) is 0 Å². The molecule has 0 aromatic carbocycles. The zero-order valence-electron chi connectivity index (χ0n) is 3.92. The Morgan fingerprint density at radius 1 is 1.75 bits per heavy atom. The predicted molar refractivity (Wildman–Crippen MR) is 29.9 cm³/mol. The number of carbonyl (C=O) groups is 2. The molecule has 0 aromatic rings. The molecule has 0 aliphatic heterocycles. The summed E-state index contributed by atoms with van der Waals surface area (Å²) in [4.78, 5) is 19.4. The maximum atomic E-state index is 9.89. The Bertz CT molecular complexity index is 91.3. The number of Topliss-reactive ketones (excluding diaryl/α,β-unsaturated/α-hetero) is 1. The molecule has 0 fully saturated rings. The molecule has 42 valence electrons. The van der Waals surface area contributed by atoms with Gasteiger partial charge < -0.3 is 5.11 Å². The van der Waals surface area contributed by atoms with Crippen LogP contribution in [0.1, 0.15) is 6.92 Å². The molecule has 0 spiro atoms.